The molecule has 6 N–H and O–H groups in total. The number of aryl methyl sites for hydroxylation is 4. The molecule has 20 heteroatoms. The van der Waals surface area contributed by atoms with Crippen LogP contribution in [0.3, 0.4) is 0 Å². The number of aromatic nitrogens is 8. The number of anilines is 2. The smallest absolute Gasteiger partial charge is 0.311 e. The van der Waals surface area contributed by atoms with E-state index in [1.165, 1.54) is 12.1 Å². The highest BCUT2D eigenvalue weighted by molar-refractivity contribution is 6.05. The summed E-state index contributed by atoms with van der Waals surface area (Å²) < 4.78 is 19.4. The van der Waals surface area contributed by atoms with Crippen molar-refractivity contribution in [3.8, 4) is 11.5 Å². The number of nitrogens with two attached hydrogens (primary N) is 1. The topological polar surface area (TPSA) is 257 Å². The van der Waals surface area contributed by atoms with Gasteiger partial charge in [-0.1, -0.05) is 12.2 Å². The number of carboxylic acid groups (broad SMARTS) is 1. The number of hydrogen-bond donors (Lipinski definition) is 5. The number of nitrogens with zero attached hydrogens (tertiary/aromatic N) is 8. The first-order valence-electron chi connectivity index (χ1n) is 20.3. The molecule has 62 heavy (non-hydrogen) atoms. The molecule has 6 aromatic rings. The van der Waals surface area contributed by atoms with Gasteiger partial charge >= 0.3 is 5.97 Å². The van der Waals surface area contributed by atoms with Gasteiger partial charge < -0.3 is 34.8 Å². The number of carbonyl (C=O) groups excluding carboxylic acids is 4. The first-order valence-corrected chi connectivity index (χ1v) is 20.3. The maximum atomic E-state index is 13.8. The zero-order chi connectivity index (χ0) is 43.9. The Kier molecular flexibility index (Phi) is 11.0. The number of imidazole rings is 2. The van der Waals surface area contributed by atoms with E-state index in [-0.39, 0.29) is 61.6 Å². The number of aliphatic carboxylic acids is 1. The van der Waals surface area contributed by atoms with E-state index in [0.29, 0.717) is 82.9 Å². The van der Waals surface area contributed by atoms with Crippen LogP contribution in [0.2, 0.25) is 0 Å². The molecule has 4 amide bonds. The molecule has 1 fully saturated rings. The van der Waals surface area contributed by atoms with Gasteiger partial charge in [-0.3, -0.25) is 44.0 Å². The molecule has 1 aliphatic heterocycles. The molecule has 0 spiro atoms. The summed E-state index contributed by atoms with van der Waals surface area (Å²) in [5, 5.41) is 27.1. The van der Waals surface area contributed by atoms with E-state index < -0.39 is 35.0 Å². The van der Waals surface area contributed by atoms with Gasteiger partial charge in [-0.05, 0) is 76.9 Å². The number of amides is 4. The predicted molar refractivity (Wildman–Crippen MR) is 226 cm³/mol. The van der Waals surface area contributed by atoms with Crippen molar-refractivity contribution in [1.29, 1.82) is 0 Å². The minimum absolute atomic E-state index is 0.0330. The van der Waals surface area contributed by atoms with E-state index in [2.05, 4.69) is 26.1 Å². The molecule has 20 nitrogen and oxygen atoms in total. The molecular formula is C42H46N12O8. The molecule has 0 bridgehead atoms. The highest BCUT2D eigenvalue weighted by atomic mass is 16.5. The standard InChI is InChI=1S/C42H46N12O8/c1-5-53-29(16-23(3)49-53)37(57)47-40-45-27-18-25(35(43)55)20-31-33(27)51(40)12-7-8-13-52-34-28(46-41(52)48-38(58)30-17-24(4)50-54(30)6-2)19-26(21-32(34)62-15-9-14-61-31)36(56)44-22-42(10-11-42)39(59)60/h7-8,16-21H,5-6,9-15,22H2,1-4H3,(H2,43,55)(H,44,56)(H,59,60)(H,45,47,57)(H,46,48,58)/b8-7+. The van der Waals surface area contributed by atoms with Crippen LogP contribution in [0.25, 0.3) is 22.1 Å². The van der Waals surface area contributed by atoms with Gasteiger partial charge in [-0.2, -0.15) is 10.2 Å². The van der Waals surface area contributed by atoms with E-state index in [1.807, 2.05) is 26.0 Å². The molecule has 2 aliphatic rings. The molecule has 1 aliphatic carbocycles. The van der Waals surface area contributed by atoms with Crippen molar-refractivity contribution in [2.75, 3.05) is 30.4 Å². The molecule has 0 atom stereocenters. The lowest BCUT2D eigenvalue weighted by molar-refractivity contribution is -0.143. The van der Waals surface area contributed by atoms with Gasteiger partial charge in [0.05, 0.1) is 41.1 Å². The summed E-state index contributed by atoms with van der Waals surface area (Å²) in [6.07, 6.45) is 4.95. The molecule has 2 aromatic carbocycles. The Bertz CT molecular complexity index is 2820. The van der Waals surface area contributed by atoms with Crippen molar-refractivity contribution in [1.82, 2.24) is 44.0 Å². The quantitative estimate of drug-likeness (QED) is 0.116. The number of hydrogen-bond acceptors (Lipinski definition) is 11. The Balaban J connectivity index is 1.20. The van der Waals surface area contributed by atoms with E-state index in [4.69, 9.17) is 25.2 Å². The van der Waals surface area contributed by atoms with E-state index >= 15 is 0 Å². The third-order valence-electron chi connectivity index (χ3n) is 10.9. The molecule has 4 aromatic heterocycles. The first kappa shape index (κ1) is 41.2. The number of carboxylic acids is 1. The molecule has 8 rings (SSSR count). The van der Waals surface area contributed by atoms with Crippen molar-refractivity contribution in [2.45, 2.75) is 73.1 Å². The fourth-order valence-electron chi connectivity index (χ4n) is 7.52. The molecule has 322 valence electrons. The molecular weight excluding hydrogens is 801 g/mol. The summed E-state index contributed by atoms with van der Waals surface area (Å²) >= 11 is 0. The number of benzene rings is 2. The maximum absolute atomic E-state index is 13.8. The SMILES string of the molecule is CCn1nc(C)cc1C(=O)Nc1nc2cc(C(N)=O)cc3c2n1C/C=C/Cn1c(NC(=O)c2cc(C)nn2CC)nc2cc(C(=O)NCC4(C(=O)O)CC4)cc(c21)OCCCO3. The highest BCUT2D eigenvalue weighted by Crippen LogP contribution is 2.45. The Morgan fingerprint density at radius 1 is 0.726 bits per heavy atom. The van der Waals surface area contributed by atoms with Crippen molar-refractivity contribution in [3.05, 3.63) is 82.5 Å². The summed E-state index contributed by atoms with van der Waals surface area (Å²) in [7, 11) is 0. The Morgan fingerprint density at radius 2 is 1.21 bits per heavy atom. The van der Waals surface area contributed by atoms with Crippen LogP contribution in [-0.4, -0.2) is 93.1 Å². The third kappa shape index (κ3) is 7.93. The van der Waals surface area contributed by atoms with Crippen LogP contribution in [0, 0.1) is 19.3 Å². The van der Waals surface area contributed by atoms with Gasteiger partial charge in [0, 0.05) is 50.3 Å². The number of allylic oxidation sites excluding steroid dienone is 2. The second kappa shape index (κ2) is 16.5. The number of nitrogens with one attached hydrogen (secondary N) is 3. The van der Waals surface area contributed by atoms with E-state index in [1.54, 1.807) is 56.6 Å². The van der Waals surface area contributed by atoms with Crippen LogP contribution in [-0.2, 0) is 31.0 Å². The summed E-state index contributed by atoms with van der Waals surface area (Å²) in [6, 6.07) is 9.58. The Labute approximate surface area is 354 Å². The monoisotopic (exact) mass is 846 g/mol. The second-order valence-electron chi connectivity index (χ2n) is 15.3. The van der Waals surface area contributed by atoms with Gasteiger partial charge in [0.1, 0.15) is 33.9 Å². The zero-order valence-corrected chi connectivity index (χ0v) is 34.6. The minimum atomic E-state index is -0.985. The van der Waals surface area contributed by atoms with Gasteiger partial charge in [0.2, 0.25) is 17.8 Å². The van der Waals surface area contributed by atoms with E-state index in [0.717, 1.165) is 0 Å². The number of rotatable bonds is 11. The van der Waals surface area contributed by atoms with Crippen LogP contribution < -0.4 is 31.2 Å². The fourth-order valence-corrected chi connectivity index (χ4v) is 7.52. The molecule has 5 heterocycles. The average Bonchev–Trinajstić information content (AvgIpc) is 3.44. The largest absolute Gasteiger partial charge is 0.491 e. The molecule has 1 saturated carbocycles. The maximum Gasteiger partial charge on any atom is 0.311 e. The lowest BCUT2D eigenvalue weighted by Crippen LogP contribution is -2.34. The summed E-state index contributed by atoms with van der Waals surface area (Å²) in [4.78, 5) is 74.9. The van der Waals surface area contributed by atoms with Gasteiger partial charge in [-0.25, -0.2) is 9.97 Å². The van der Waals surface area contributed by atoms with E-state index in [9.17, 15) is 29.1 Å². The average molecular weight is 847 g/mol. The molecule has 0 saturated heterocycles. The second-order valence-corrected chi connectivity index (χ2v) is 15.3. The van der Waals surface area contributed by atoms with Crippen LogP contribution in [0.15, 0.2) is 48.6 Å². The third-order valence-corrected chi connectivity index (χ3v) is 10.9. The first-order chi connectivity index (χ1) is 29.8. The van der Waals surface area contributed by atoms with Gasteiger partial charge in [-0.15, -0.1) is 0 Å². The van der Waals surface area contributed by atoms with Crippen LogP contribution in [0.4, 0.5) is 11.9 Å². The minimum Gasteiger partial charge on any atom is -0.491 e. The van der Waals surface area contributed by atoms with Crippen molar-refractivity contribution in [3.63, 3.8) is 0 Å². The number of ether oxygens (including phenoxy) is 2. The van der Waals surface area contributed by atoms with Crippen molar-refractivity contribution in [2.24, 2.45) is 11.1 Å². The molecule has 0 radical (unpaired) electrons. The number of primary amides is 1. The van der Waals surface area contributed by atoms with Crippen LogP contribution >= 0.6 is 0 Å². The summed E-state index contributed by atoms with van der Waals surface area (Å²) in [6.45, 7) is 8.78. The summed E-state index contributed by atoms with van der Waals surface area (Å²) in [5.41, 5.74) is 8.78. The Morgan fingerprint density at radius 3 is 1.66 bits per heavy atom. The van der Waals surface area contributed by atoms with Crippen LogP contribution in [0.5, 0.6) is 11.5 Å². The van der Waals surface area contributed by atoms with Crippen molar-refractivity contribution < 1.29 is 38.6 Å². The Hall–Kier alpha value is -7.51. The van der Waals surface area contributed by atoms with Crippen molar-refractivity contribution >= 4 is 63.6 Å². The lowest BCUT2D eigenvalue weighted by Gasteiger charge is -2.15. The van der Waals surface area contributed by atoms with Gasteiger partial charge in [0.15, 0.2) is 0 Å². The predicted octanol–water partition coefficient (Wildman–Crippen LogP) is 4.05. The van der Waals surface area contributed by atoms with Gasteiger partial charge in [0.25, 0.3) is 17.7 Å². The lowest BCUT2D eigenvalue weighted by atomic mass is 10.1. The molecule has 0 unspecified atom stereocenters. The zero-order valence-electron chi connectivity index (χ0n) is 34.6. The number of carbonyl (C=O) groups is 5. The van der Waals surface area contributed by atoms with Crippen LogP contribution in [0.1, 0.15) is 86.2 Å². The normalized spacial score (nSPS) is 15.2. The highest BCUT2D eigenvalue weighted by Gasteiger charge is 2.50. The summed E-state index contributed by atoms with van der Waals surface area (Å²) in [5.74, 6) is -2.10. The fraction of sp³-hybridized carbons (Fsp3) is 0.357.